The smallest absolute Gasteiger partial charge is 0.159 e. The maximum absolute atomic E-state index is 11.4. The molecule has 0 saturated carbocycles. The van der Waals surface area contributed by atoms with Crippen LogP contribution in [0.4, 0.5) is 5.69 Å². The maximum atomic E-state index is 11.4. The van der Waals surface area contributed by atoms with Gasteiger partial charge in [-0.2, -0.15) is 0 Å². The number of rotatable bonds is 7. The molecule has 0 aromatic heterocycles. The number of hydrogen-bond donors (Lipinski definition) is 0. The van der Waals surface area contributed by atoms with Crippen LogP contribution in [-0.4, -0.2) is 18.4 Å². The fourth-order valence-electron chi connectivity index (χ4n) is 2.15. The summed E-state index contributed by atoms with van der Waals surface area (Å²) in [5.41, 5.74) is 1.93. The lowest BCUT2D eigenvalue weighted by Crippen LogP contribution is -2.32. The average molecular weight is 326 g/mol. The minimum absolute atomic E-state index is 0.106. The summed E-state index contributed by atoms with van der Waals surface area (Å²) in [5, 5.41) is 0. The molecule has 1 aromatic rings. The van der Waals surface area contributed by atoms with Gasteiger partial charge in [0.1, 0.15) is 0 Å². The number of Topliss-reactive ketones (excluding diaryl/α,β-unsaturated/α-hetero) is 1. The first-order chi connectivity index (χ1) is 8.97. The Kier molecular flexibility index (Phi) is 6.56. The number of ketones is 1. The molecule has 0 N–H and O–H groups in total. The first-order valence-corrected chi connectivity index (χ1v) is 7.83. The second kappa shape index (κ2) is 7.68. The minimum Gasteiger partial charge on any atom is -0.368 e. The Morgan fingerprint density at radius 1 is 1.32 bits per heavy atom. The van der Waals surface area contributed by atoms with Crippen molar-refractivity contribution in [3.63, 3.8) is 0 Å². The summed E-state index contributed by atoms with van der Waals surface area (Å²) in [6.07, 6.45) is 3.69. The highest BCUT2D eigenvalue weighted by Crippen LogP contribution is 2.29. The molecule has 0 fully saturated rings. The quantitative estimate of drug-likeness (QED) is 0.516. The Labute approximate surface area is 125 Å². The van der Waals surface area contributed by atoms with E-state index < -0.39 is 0 Å². The van der Waals surface area contributed by atoms with Gasteiger partial charge in [-0.3, -0.25) is 4.79 Å². The third-order valence-electron chi connectivity index (χ3n) is 3.29. The molecule has 0 atom stereocenters. The standard InChI is InChI=1S/C16H24BrNO/c1-5-6-7-10-18(12(2)3)16-9-8-14(13(4)19)11-15(16)17/h8-9,11-12H,5-7,10H2,1-4H3. The highest BCUT2D eigenvalue weighted by Gasteiger charge is 2.14. The van der Waals surface area contributed by atoms with Crippen LogP contribution in [0.3, 0.4) is 0 Å². The van der Waals surface area contributed by atoms with Gasteiger partial charge in [0, 0.05) is 22.6 Å². The van der Waals surface area contributed by atoms with Gasteiger partial charge in [-0.05, 0) is 61.3 Å². The van der Waals surface area contributed by atoms with Crippen LogP contribution in [0.25, 0.3) is 0 Å². The first-order valence-electron chi connectivity index (χ1n) is 7.04. The van der Waals surface area contributed by atoms with Crippen molar-refractivity contribution in [3.05, 3.63) is 28.2 Å². The van der Waals surface area contributed by atoms with E-state index in [0.29, 0.717) is 6.04 Å². The topological polar surface area (TPSA) is 20.3 Å². The molecule has 106 valence electrons. The van der Waals surface area contributed by atoms with Crippen molar-refractivity contribution in [2.45, 2.75) is 53.0 Å². The first kappa shape index (κ1) is 16.2. The van der Waals surface area contributed by atoms with Gasteiger partial charge in [-0.1, -0.05) is 19.8 Å². The molecule has 2 nitrogen and oxygen atoms in total. The van der Waals surface area contributed by atoms with Gasteiger partial charge in [-0.25, -0.2) is 0 Å². The summed E-state index contributed by atoms with van der Waals surface area (Å²) in [5.74, 6) is 0.106. The van der Waals surface area contributed by atoms with Gasteiger partial charge in [0.05, 0.1) is 5.69 Å². The molecule has 0 aliphatic heterocycles. The highest BCUT2D eigenvalue weighted by molar-refractivity contribution is 9.10. The predicted octanol–water partition coefficient (Wildman–Crippen LogP) is 5.06. The van der Waals surface area contributed by atoms with Gasteiger partial charge in [0.2, 0.25) is 0 Å². The SMILES string of the molecule is CCCCCN(c1ccc(C(C)=O)cc1Br)C(C)C. The normalized spacial score (nSPS) is 10.8. The van der Waals surface area contributed by atoms with Crippen LogP contribution in [0.2, 0.25) is 0 Å². The van der Waals surface area contributed by atoms with Crippen molar-refractivity contribution < 1.29 is 4.79 Å². The summed E-state index contributed by atoms with van der Waals surface area (Å²) in [6.45, 7) is 9.29. The number of hydrogen-bond acceptors (Lipinski definition) is 2. The number of anilines is 1. The van der Waals surface area contributed by atoms with Gasteiger partial charge in [0.15, 0.2) is 5.78 Å². The Bertz CT molecular complexity index is 429. The van der Waals surface area contributed by atoms with Crippen molar-refractivity contribution in [3.8, 4) is 0 Å². The van der Waals surface area contributed by atoms with Crippen molar-refractivity contribution >= 4 is 27.4 Å². The molecule has 0 radical (unpaired) electrons. The molecule has 0 spiro atoms. The second-order valence-electron chi connectivity index (χ2n) is 5.22. The fourth-order valence-corrected chi connectivity index (χ4v) is 2.75. The van der Waals surface area contributed by atoms with Crippen molar-refractivity contribution in [1.82, 2.24) is 0 Å². The van der Waals surface area contributed by atoms with E-state index in [4.69, 9.17) is 0 Å². The number of halogens is 1. The molecule has 3 heteroatoms. The lowest BCUT2D eigenvalue weighted by Gasteiger charge is -2.30. The van der Waals surface area contributed by atoms with E-state index in [1.165, 1.54) is 24.9 Å². The Morgan fingerprint density at radius 3 is 2.47 bits per heavy atom. The largest absolute Gasteiger partial charge is 0.368 e. The van der Waals surface area contributed by atoms with E-state index in [1.807, 2.05) is 18.2 Å². The van der Waals surface area contributed by atoms with Crippen LogP contribution in [0.1, 0.15) is 57.3 Å². The summed E-state index contributed by atoms with van der Waals surface area (Å²) < 4.78 is 1.00. The third-order valence-corrected chi connectivity index (χ3v) is 3.92. The Balaban J connectivity index is 2.93. The average Bonchev–Trinajstić information content (AvgIpc) is 2.35. The van der Waals surface area contributed by atoms with Crippen molar-refractivity contribution in [1.29, 1.82) is 0 Å². The zero-order valence-electron chi connectivity index (χ0n) is 12.4. The van der Waals surface area contributed by atoms with E-state index in [2.05, 4.69) is 41.6 Å². The molecule has 0 amide bonds. The van der Waals surface area contributed by atoms with Gasteiger partial charge in [-0.15, -0.1) is 0 Å². The van der Waals surface area contributed by atoms with Gasteiger partial charge in [0.25, 0.3) is 0 Å². The van der Waals surface area contributed by atoms with Crippen molar-refractivity contribution in [2.24, 2.45) is 0 Å². The minimum atomic E-state index is 0.106. The lowest BCUT2D eigenvalue weighted by atomic mass is 10.1. The van der Waals surface area contributed by atoms with Crippen molar-refractivity contribution in [2.75, 3.05) is 11.4 Å². The van der Waals surface area contributed by atoms with Crippen LogP contribution >= 0.6 is 15.9 Å². The van der Waals surface area contributed by atoms with Crippen LogP contribution in [0, 0.1) is 0 Å². The zero-order valence-corrected chi connectivity index (χ0v) is 14.0. The predicted molar refractivity (Wildman–Crippen MR) is 86.2 cm³/mol. The molecule has 0 heterocycles. The molecule has 0 aliphatic rings. The third kappa shape index (κ3) is 4.64. The van der Waals surface area contributed by atoms with Crippen LogP contribution in [0.5, 0.6) is 0 Å². The molecule has 1 rings (SSSR count). The summed E-state index contributed by atoms with van der Waals surface area (Å²) in [7, 11) is 0. The fraction of sp³-hybridized carbons (Fsp3) is 0.562. The van der Waals surface area contributed by atoms with Crippen LogP contribution < -0.4 is 4.90 Å². The summed E-state index contributed by atoms with van der Waals surface area (Å²) >= 11 is 3.60. The molecule has 0 aliphatic carbocycles. The monoisotopic (exact) mass is 325 g/mol. The molecular weight excluding hydrogens is 302 g/mol. The molecular formula is C16H24BrNO. The number of nitrogens with zero attached hydrogens (tertiary/aromatic N) is 1. The Morgan fingerprint density at radius 2 is 2.00 bits per heavy atom. The van der Waals surface area contributed by atoms with E-state index in [-0.39, 0.29) is 5.78 Å². The second-order valence-corrected chi connectivity index (χ2v) is 6.07. The Hall–Kier alpha value is -0.830. The van der Waals surface area contributed by atoms with Crippen LogP contribution in [-0.2, 0) is 0 Å². The zero-order chi connectivity index (χ0) is 14.4. The van der Waals surface area contributed by atoms with Crippen LogP contribution in [0.15, 0.2) is 22.7 Å². The van der Waals surface area contributed by atoms with E-state index in [9.17, 15) is 4.79 Å². The van der Waals surface area contributed by atoms with Gasteiger partial charge >= 0.3 is 0 Å². The van der Waals surface area contributed by atoms with E-state index in [0.717, 1.165) is 16.6 Å². The molecule has 1 aromatic carbocycles. The summed E-state index contributed by atoms with van der Waals surface area (Å²) in [4.78, 5) is 13.8. The highest BCUT2D eigenvalue weighted by atomic mass is 79.9. The van der Waals surface area contributed by atoms with E-state index in [1.54, 1.807) is 6.92 Å². The lowest BCUT2D eigenvalue weighted by molar-refractivity contribution is 0.101. The summed E-state index contributed by atoms with van der Waals surface area (Å²) in [6, 6.07) is 6.34. The molecule has 0 unspecified atom stereocenters. The van der Waals surface area contributed by atoms with E-state index >= 15 is 0 Å². The number of unbranched alkanes of at least 4 members (excludes halogenated alkanes) is 2. The number of carbonyl (C=O) groups is 1. The number of carbonyl (C=O) groups excluding carboxylic acids is 1. The molecule has 0 bridgehead atoms. The maximum Gasteiger partial charge on any atom is 0.159 e. The van der Waals surface area contributed by atoms with Gasteiger partial charge < -0.3 is 4.90 Å². The number of benzene rings is 1. The molecule has 0 saturated heterocycles. The molecule has 19 heavy (non-hydrogen) atoms.